The first kappa shape index (κ1) is 36.0. The lowest BCUT2D eigenvalue weighted by molar-refractivity contribution is 0.0426. The molecule has 0 unspecified atom stereocenters. The molecule has 1 fully saturated rings. The Bertz CT molecular complexity index is 1490. The van der Waals surface area contributed by atoms with E-state index in [1.807, 2.05) is 12.1 Å². The topological polar surface area (TPSA) is 162 Å². The Morgan fingerprint density at radius 3 is 1.38 bits per heavy atom. The molecule has 5 rings (SSSR count). The maximum Gasteiger partial charge on any atom is 0.261 e. The molecule has 1 saturated heterocycles. The molecule has 0 saturated carbocycles. The fourth-order valence-electron chi connectivity index (χ4n) is 4.86. The summed E-state index contributed by atoms with van der Waals surface area (Å²) < 4.78 is 58.1. The minimum Gasteiger partial charge on any atom is -0.367 e. The Hall–Kier alpha value is -3.50. The van der Waals surface area contributed by atoms with Crippen molar-refractivity contribution in [2.45, 2.75) is 6.10 Å². The highest BCUT2D eigenvalue weighted by Crippen LogP contribution is 2.26. The van der Waals surface area contributed by atoms with E-state index in [2.05, 4.69) is 58.3 Å². The van der Waals surface area contributed by atoms with Gasteiger partial charge in [-0.25, -0.2) is 0 Å². The third-order valence-corrected chi connectivity index (χ3v) is 6.88. The summed E-state index contributed by atoms with van der Waals surface area (Å²) in [6.45, 7) is 6.42. The molecule has 3 aromatic carbocycles. The van der Waals surface area contributed by atoms with Gasteiger partial charge in [0.15, 0.2) is 0 Å². The number of hydrogen-bond acceptors (Lipinski definition) is 9. The van der Waals surface area contributed by atoms with E-state index in [1.54, 1.807) is 24.3 Å². The molecule has 2 amide bonds. The molecule has 12 nitrogen and oxygen atoms in total. The van der Waals surface area contributed by atoms with Crippen molar-refractivity contribution >= 4 is 32.1 Å². The number of ether oxygens (including phenoxy) is 1. The molecule has 0 aliphatic carbocycles. The monoisotopic (exact) mass is 661 g/mol. The van der Waals surface area contributed by atoms with E-state index in [4.69, 9.17) is 13.8 Å². The van der Waals surface area contributed by atoms with Gasteiger partial charge in [-0.05, 0) is 23.3 Å². The van der Waals surface area contributed by atoms with E-state index in [1.165, 1.54) is 4.90 Å². The number of fused-ring (bicyclic) bond motifs is 1. The smallest absolute Gasteiger partial charge is 0.261 e. The minimum atomic E-state index is -3.67. The standard InChI is InChI=1S/C29H31N3O3.2CH4O3S/c33-28-25-13-7-8-14-26(25)29(34)32(28)20-19-30-15-17-31(18-16-30)21-22-35-27(23-9-3-1-4-10-23)24-11-5-2-6-12-24;2*1-5(2,3)4/h1-14,27H,15-22H2;2*1H3,(H,2,3,4). The molecule has 0 spiro atoms. The average molecular weight is 662 g/mol. The predicted molar refractivity (Wildman–Crippen MR) is 170 cm³/mol. The van der Waals surface area contributed by atoms with Crippen LogP contribution in [0.4, 0.5) is 0 Å². The van der Waals surface area contributed by atoms with Gasteiger partial charge in [-0.15, -0.1) is 0 Å². The fourth-order valence-corrected chi connectivity index (χ4v) is 4.86. The first-order chi connectivity index (χ1) is 21.2. The van der Waals surface area contributed by atoms with Crippen LogP contribution in [0.5, 0.6) is 0 Å². The zero-order chi connectivity index (χ0) is 33.0. The van der Waals surface area contributed by atoms with Gasteiger partial charge >= 0.3 is 0 Å². The van der Waals surface area contributed by atoms with Crippen molar-refractivity contribution in [2.24, 2.45) is 0 Å². The molecule has 2 N–H and O–H groups in total. The number of amides is 2. The van der Waals surface area contributed by atoms with Crippen LogP contribution in [0.2, 0.25) is 0 Å². The number of carbonyl (C=O) groups excluding carboxylic acids is 2. The number of piperazine rings is 1. The number of benzene rings is 3. The zero-order valence-corrected chi connectivity index (χ0v) is 26.9. The average Bonchev–Trinajstić information content (AvgIpc) is 3.23. The molecule has 2 aliphatic heterocycles. The molecule has 0 radical (unpaired) electrons. The highest BCUT2D eigenvalue weighted by atomic mass is 32.2. The summed E-state index contributed by atoms with van der Waals surface area (Å²) >= 11 is 0. The van der Waals surface area contributed by atoms with Gasteiger partial charge in [-0.2, -0.15) is 16.8 Å². The lowest BCUT2D eigenvalue weighted by atomic mass is 10.0. The third-order valence-electron chi connectivity index (χ3n) is 6.88. The number of carbonyl (C=O) groups is 2. The molecule has 14 heteroatoms. The Labute approximate surface area is 264 Å². The van der Waals surface area contributed by atoms with Crippen molar-refractivity contribution in [3.63, 3.8) is 0 Å². The van der Waals surface area contributed by atoms with E-state index in [-0.39, 0.29) is 17.9 Å². The summed E-state index contributed by atoms with van der Waals surface area (Å²) in [7, 11) is -7.33. The SMILES string of the molecule is CS(=O)(=O)O.CS(=O)(=O)O.O=C1c2ccccc2C(=O)N1CCN1CCN(CCOC(c2ccccc2)c2ccccc2)CC1. The zero-order valence-electron chi connectivity index (χ0n) is 25.2. The lowest BCUT2D eigenvalue weighted by Gasteiger charge is -2.35. The van der Waals surface area contributed by atoms with Crippen molar-refractivity contribution in [3.05, 3.63) is 107 Å². The molecule has 0 atom stereocenters. The third kappa shape index (κ3) is 12.8. The maximum absolute atomic E-state index is 12.6. The molecule has 2 heterocycles. The first-order valence-corrected chi connectivity index (χ1v) is 17.9. The van der Waals surface area contributed by atoms with E-state index >= 15 is 0 Å². The first-order valence-electron chi connectivity index (χ1n) is 14.2. The second-order valence-corrected chi connectivity index (χ2v) is 13.5. The van der Waals surface area contributed by atoms with Crippen LogP contribution in [0.3, 0.4) is 0 Å². The Kier molecular flexibility index (Phi) is 13.4. The van der Waals surface area contributed by atoms with Gasteiger partial charge in [-0.3, -0.25) is 33.4 Å². The van der Waals surface area contributed by atoms with Gasteiger partial charge in [0.25, 0.3) is 32.1 Å². The van der Waals surface area contributed by atoms with E-state index in [0.717, 1.165) is 43.9 Å². The maximum atomic E-state index is 12.6. The second kappa shape index (κ2) is 16.7. The molecule has 45 heavy (non-hydrogen) atoms. The second-order valence-electron chi connectivity index (χ2n) is 10.5. The van der Waals surface area contributed by atoms with Gasteiger partial charge < -0.3 is 4.74 Å². The minimum absolute atomic E-state index is 0.0710. The Morgan fingerprint density at radius 1 is 0.622 bits per heavy atom. The summed E-state index contributed by atoms with van der Waals surface area (Å²) in [5, 5.41) is 0. The van der Waals surface area contributed by atoms with Crippen LogP contribution >= 0.6 is 0 Å². The summed E-state index contributed by atoms with van der Waals surface area (Å²) in [4.78, 5) is 31.3. The predicted octanol–water partition coefficient (Wildman–Crippen LogP) is 2.71. The Balaban J connectivity index is 0.000000482. The van der Waals surface area contributed by atoms with Crippen LogP contribution in [0.15, 0.2) is 84.9 Å². The molecule has 244 valence electrons. The summed E-state index contributed by atoms with van der Waals surface area (Å²) in [5.41, 5.74) is 3.37. The van der Waals surface area contributed by atoms with E-state index < -0.39 is 20.2 Å². The molecule has 2 aliphatic rings. The lowest BCUT2D eigenvalue weighted by Crippen LogP contribution is -2.49. The van der Waals surface area contributed by atoms with E-state index in [0.29, 0.717) is 43.3 Å². The van der Waals surface area contributed by atoms with Gasteiger partial charge in [0, 0.05) is 45.8 Å². The molecule has 0 bridgehead atoms. The van der Waals surface area contributed by atoms with Crippen LogP contribution in [-0.2, 0) is 25.0 Å². The normalized spacial score (nSPS) is 15.6. The summed E-state index contributed by atoms with van der Waals surface area (Å²) in [6.07, 6.45) is 1.36. The van der Waals surface area contributed by atoms with Crippen LogP contribution in [0, 0.1) is 0 Å². The highest BCUT2D eigenvalue weighted by Gasteiger charge is 2.35. The number of hydrogen-bond donors (Lipinski definition) is 2. The molecular weight excluding hydrogens is 622 g/mol. The van der Waals surface area contributed by atoms with Crippen molar-refractivity contribution in [3.8, 4) is 0 Å². The quantitative estimate of drug-likeness (QED) is 0.256. The van der Waals surface area contributed by atoms with E-state index in [9.17, 15) is 26.4 Å². The van der Waals surface area contributed by atoms with Gasteiger partial charge in [0.1, 0.15) is 6.10 Å². The van der Waals surface area contributed by atoms with Gasteiger partial charge in [0.2, 0.25) is 0 Å². The van der Waals surface area contributed by atoms with Crippen molar-refractivity contribution in [2.75, 3.05) is 64.9 Å². The number of nitrogens with zero attached hydrogens (tertiary/aromatic N) is 3. The molecule has 0 aromatic heterocycles. The van der Waals surface area contributed by atoms with Crippen molar-refractivity contribution in [1.29, 1.82) is 0 Å². The van der Waals surface area contributed by atoms with Gasteiger partial charge in [-0.1, -0.05) is 72.8 Å². The van der Waals surface area contributed by atoms with Crippen LogP contribution in [0.1, 0.15) is 37.9 Å². The highest BCUT2D eigenvalue weighted by molar-refractivity contribution is 7.85. The molecule has 3 aromatic rings. The fraction of sp³-hybridized carbons (Fsp3) is 0.355. The van der Waals surface area contributed by atoms with Crippen LogP contribution < -0.4 is 0 Å². The summed E-state index contributed by atoms with van der Waals surface area (Å²) in [5.74, 6) is -0.347. The summed E-state index contributed by atoms with van der Waals surface area (Å²) in [6, 6.07) is 27.8. The number of rotatable bonds is 9. The number of imide groups is 1. The molecular formula is C31H39N3O9S2. The van der Waals surface area contributed by atoms with Gasteiger partial charge in [0.05, 0.1) is 30.2 Å². The Morgan fingerprint density at radius 2 is 0.978 bits per heavy atom. The largest absolute Gasteiger partial charge is 0.367 e. The van der Waals surface area contributed by atoms with Crippen molar-refractivity contribution < 1.29 is 40.3 Å². The van der Waals surface area contributed by atoms with Crippen molar-refractivity contribution in [1.82, 2.24) is 14.7 Å². The van der Waals surface area contributed by atoms with Crippen LogP contribution in [-0.4, -0.2) is 117 Å². The van der Waals surface area contributed by atoms with Crippen LogP contribution in [0.25, 0.3) is 0 Å².